The summed E-state index contributed by atoms with van der Waals surface area (Å²) >= 11 is 8.47. The predicted octanol–water partition coefficient (Wildman–Crippen LogP) is 4.77. The van der Waals surface area contributed by atoms with Crippen LogP contribution in [-0.2, 0) is 0 Å². The molecule has 0 N–H and O–H groups in total. The van der Waals surface area contributed by atoms with E-state index >= 15 is 0 Å². The van der Waals surface area contributed by atoms with Crippen LogP contribution in [0.15, 0.2) is 48.8 Å². The molecule has 0 saturated carbocycles. The highest BCUT2D eigenvalue weighted by molar-refractivity contribution is 14.1. The second-order valence-electron chi connectivity index (χ2n) is 4.56. The molecule has 0 atom stereocenters. The Morgan fingerprint density at radius 2 is 1.81 bits per heavy atom. The Morgan fingerprint density at radius 1 is 1.05 bits per heavy atom. The van der Waals surface area contributed by atoms with Gasteiger partial charge in [-0.2, -0.15) is 0 Å². The van der Waals surface area contributed by atoms with Crippen LogP contribution in [0.5, 0.6) is 0 Å². The number of aromatic nitrogens is 3. The van der Waals surface area contributed by atoms with Crippen LogP contribution in [0.25, 0.3) is 22.6 Å². The molecule has 0 saturated heterocycles. The smallest absolute Gasteiger partial charge is 0.163 e. The zero-order valence-electron chi connectivity index (χ0n) is 11.2. The first-order valence-electron chi connectivity index (χ1n) is 6.36. The van der Waals surface area contributed by atoms with E-state index in [2.05, 4.69) is 32.6 Å². The fourth-order valence-electron chi connectivity index (χ4n) is 2.03. The highest BCUT2D eigenvalue weighted by atomic mass is 127. The lowest BCUT2D eigenvalue weighted by Gasteiger charge is -2.09. The number of halogens is 2. The maximum Gasteiger partial charge on any atom is 0.163 e. The van der Waals surface area contributed by atoms with E-state index in [9.17, 15) is 0 Å². The molecule has 104 valence electrons. The van der Waals surface area contributed by atoms with Gasteiger partial charge in [0.1, 0.15) is 5.15 Å². The van der Waals surface area contributed by atoms with Crippen molar-refractivity contribution >= 4 is 34.2 Å². The maximum absolute atomic E-state index is 6.29. The van der Waals surface area contributed by atoms with Gasteiger partial charge in [0.25, 0.3) is 0 Å². The minimum Gasteiger partial charge on any atom is -0.264 e. The molecule has 0 fully saturated rings. The lowest BCUT2D eigenvalue weighted by Crippen LogP contribution is -1.98. The van der Waals surface area contributed by atoms with Crippen molar-refractivity contribution in [3.63, 3.8) is 0 Å². The monoisotopic (exact) mass is 407 g/mol. The topological polar surface area (TPSA) is 38.7 Å². The summed E-state index contributed by atoms with van der Waals surface area (Å²) < 4.78 is 0.853. The molecule has 0 radical (unpaired) electrons. The van der Waals surface area contributed by atoms with Gasteiger partial charge in [0.2, 0.25) is 0 Å². The van der Waals surface area contributed by atoms with E-state index in [4.69, 9.17) is 16.6 Å². The number of benzene rings is 1. The molecular weight excluding hydrogens is 397 g/mol. The first-order chi connectivity index (χ1) is 10.2. The molecule has 3 nitrogen and oxygen atoms in total. The van der Waals surface area contributed by atoms with Gasteiger partial charge in [0.15, 0.2) is 5.82 Å². The molecule has 2 heterocycles. The third kappa shape index (κ3) is 2.91. The molecule has 3 aromatic rings. The van der Waals surface area contributed by atoms with Crippen molar-refractivity contribution in [2.75, 3.05) is 0 Å². The van der Waals surface area contributed by atoms with Crippen LogP contribution in [0.2, 0.25) is 5.15 Å². The molecule has 0 aliphatic carbocycles. The van der Waals surface area contributed by atoms with Crippen LogP contribution in [0, 0.1) is 10.5 Å². The molecule has 1 aromatic carbocycles. The van der Waals surface area contributed by atoms with E-state index in [0.717, 1.165) is 26.0 Å². The maximum atomic E-state index is 6.29. The quantitative estimate of drug-likeness (QED) is 0.454. The van der Waals surface area contributed by atoms with Crippen molar-refractivity contribution in [1.29, 1.82) is 0 Å². The van der Waals surface area contributed by atoms with Crippen molar-refractivity contribution in [3.05, 3.63) is 63.1 Å². The van der Waals surface area contributed by atoms with Crippen molar-refractivity contribution < 1.29 is 0 Å². The molecule has 0 aliphatic heterocycles. The summed E-state index contributed by atoms with van der Waals surface area (Å²) in [5.41, 5.74) is 3.83. The third-order valence-electron chi connectivity index (χ3n) is 3.14. The van der Waals surface area contributed by atoms with Gasteiger partial charge < -0.3 is 0 Å². The van der Waals surface area contributed by atoms with E-state index in [1.165, 1.54) is 0 Å². The van der Waals surface area contributed by atoms with E-state index in [1.807, 2.05) is 43.3 Å². The van der Waals surface area contributed by atoms with Gasteiger partial charge in [-0.15, -0.1) is 0 Å². The van der Waals surface area contributed by atoms with E-state index in [0.29, 0.717) is 11.0 Å². The minimum atomic E-state index is 0.461. The van der Waals surface area contributed by atoms with Gasteiger partial charge in [-0.1, -0.05) is 41.9 Å². The average Bonchev–Trinajstić information content (AvgIpc) is 2.51. The van der Waals surface area contributed by atoms with Crippen molar-refractivity contribution in [3.8, 4) is 22.6 Å². The van der Waals surface area contributed by atoms with E-state index in [1.54, 1.807) is 12.4 Å². The van der Waals surface area contributed by atoms with Gasteiger partial charge in [-0.25, -0.2) is 9.97 Å². The third-order valence-corrected chi connectivity index (χ3v) is 4.75. The van der Waals surface area contributed by atoms with Gasteiger partial charge in [-0.3, -0.25) is 4.98 Å². The Bertz CT molecular complexity index is 791. The van der Waals surface area contributed by atoms with Gasteiger partial charge in [0, 0.05) is 23.5 Å². The predicted molar refractivity (Wildman–Crippen MR) is 93.2 cm³/mol. The van der Waals surface area contributed by atoms with Crippen LogP contribution in [0.4, 0.5) is 0 Å². The van der Waals surface area contributed by atoms with Crippen molar-refractivity contribution in [1.82, 2.24) is 15.0 Å². The summed E-state index contributed by atoms with van der Waals surface area (Å²) in [4.78, 5) is 13.2. The zero-order valence-corrected chi connectivity index (χ0v) is 14.1. The normalized spacial score (nSPS) is 10.6. The van der Waals surface area contributed by atoms with Crippen molar-refractivity contribution in [2.45, 2.75) is 6.92 Å². The number of nitrogens with zero attached hydrogens (tertiary/aromatic N) is 3. The first-order valence-corrected chi connectivity index (χ1v) is 7.82. The van der Waals surface area contributed by atoms with Crippen LogP contribution in [0.1, 0.15) is 5.56 Å². The fraction of sp³-hybridized carbons (Fsp3) is 0.0625. The molecule has 3 rings (SSSR count). The van der Waals surface area contributed by atoms with Crippen LogP contribution in [-0.4, -0.2) is 15.0 Å². The highest BCUT2D eigenvalue weighted by Crippen LogP contribution is 2.30. The Balaban J connectivity index is 2.22. The highest BCUT2D eigenvalue weighted by Gasteiger charge is 2.14. The average molecular weight is 408 g/mol. The summed E-state index contributed by atoms with van der Waals surface area (Å²) in [5, 5.41) is 0.461. The van der Waals surface area contributed by atoms with Gasteiger partial charge >= 0.3 is 0 Å². The van der Waals surface area contributed by atoms with Crippen molar-refractivity contribution in [2.24, 2.45) is 0 Å². The molecular formula is C16H11ClIN3. The number of pyridine rings is 1. The fourth-order valence-corrected chi connectivity index (χ4v) is 2.75. The molecule has 0 aliphatic rings. The minimum absolute atomic E-state index is 0.461. The zero-order chi connectivity index (χ0) is 14.8. The lowest BCUT2D eigenvalue weighted by atomic mass is 10.1. The summed E-state index contributed by atoms with van der Waals surface area (Å²) in [5.74, 6) is 0.602. The second-order valence-corrected chi connectivity index (χ2v) is 5.99. The van der Waals surface area contributed by atoms with Crippen LogP contribution < -0.4 is 0 Å². The molecule has 0 spiro atoms. The second kappa shape index (κ2) is 6.07. The number of hydrogen-bond donors (Lipinski definition) is 0. The van der Waals surface area contributed by atoms with Crippen LogP contribution in [0.3, 0.4) is 0 Å². The van der Waals surface area contributed by atoms with Crippen LogP contribution >= 0.6 is 34.2 Å². The lowest BCUT2D eigenvalue weighted by molar-refractivity contribution is 1.14. The molecule has 2 aromatic heterocycles. The van der Waals surface area contributed by atoms with Gasteiger partial charge in [0.05, 0.1) is 9.26 Å². The molecule has 21 heavy (non-hydrogen) atoms. The van der Waals surface area contributed by atoms with Gasteiger partial charge in [-0.05, 0) is 41.1 Å². The van der Waals surface area contributed by atoms with E-state index in [-0.39, 0.29) is 0 Å². The molecule has 5 heteroatoms. The SMILES string of the molecule is Cc1ccncc1-c1nc(Cl)c(I)c(-c2ccccc2)n1. The summed E-state index contributed by atoms with van der Waals surface area (Å²) in [6.07, 6.45) is 3.52. The summed E-state index contributed by atoms with van der Waals surface area (Å²) in [7, 11) is 0. The molecule has 0 amide bonds. The number of aryl methyl sites for hydroxylation is 1. The molecule has 0 unspecified atom stereocenters. The molecule has 0 bridgehead atoms. The van der Waals surface area contributed by atoms with E-state index < -0.39 is 0 Å². The Labute approximate surface area is 141 Å². The number of hydrogen-bond acceptors (Lipinski definition) is 3. The Kier molecular flexibility index (Phi) is 4.17. The standard InChI is InChI=1S/C16H11ClIN3/c1-10-7-8-19-9-12(10)16-20-14(13(18)15(17)21-16)11-5-3-2-4-6-11/h2-9H,1H3. The number of rotatable bonds is 2. The Hall–Kier alpha value is -1.53. The summed E-state index contributed by atoms with van der Waals surface area (Å²) in [6, 6.07) is 11.9. The summed E-state index contributed by atoms with van der Waals surface area (Å²) in [6.45, 7) is 2.01. The Morgan fingerprint density at radius 3 is 2.52 bits per heavy atom. The first kappa shape index (κ1) is 14.4. The largest absolute Gasteiger partial charge is 0.264 e.